The molecule has 1 aromatic heterocycles. The van der Waals surface area contributed by atoms with E-state index in [0.29, 0.717) is 27.7 Å². The molecule has 0 amide bonds. The zero-order chi connectivity index (χ0) is 17.4. The molecule has 0 bridgehead atoms. The fourth-order valence-electron chi connectivity index (χ4n) is 1.92. The molecule has 0 fully saturated rings. The van der Waals surface area contributed by atoms with Gasteiger partial charge in [-0.05, 0) is 23.6 Å². The Hall–Kier alpha value is -2.06. The Morgan fingerprint density at radius 3 is 2.17 bits per heavy atom. The second-order valence-corrected chi connectivity index (χ2v) is 5.71. The van der Waals surface area contributed by atoms with Gasteiger partial charge in [0, 0.05) is 16.5 Å². The van der Waals surface area contributed by atoms with Crippen LogP contribution in [0.3, 0.4) is 0 Å². The maximum absolute atomic E-state index is 13.5. The number of fused-ring (bicyclic) bond motifs is 1. The van der Waals surface area contributed by atoms with Gasteiger partial charge in [0.25, 0.3) is 0 Å². The van der Waals surface area contributed by atoms with E-state index in [1.54, 1.807) is 18.2 Å². The molecule has 0 aliphatic heterocycles. The van der Waals surface area contributed by atoms with Crippen LogP contribution in [0.1, 0.15) is 0 Å². The zero-order valence-electron chi connectivity index (χ0n) is 11.4. The van der Waals surface area contributed by atoms with Gasteiger partial charge in [0.2, 0.25) is 34.8 Å². The van der Waals surface area contributed by atoms with Crippen LogP contribution in [0, 0.1) is 29.1 Å². The van der Waals surface area contributed by atoms with E-state index in [0.717, 1.165) is 0 Å². The molecule has 0 aliphatic carbocycles. The predicted octanol–water partition coefficient (Wildman–Crippen LogP) is 5.67. The molecule has 0 N–H and O–H groups in total. The van der Waals surface area contributed by atoms with Gasteiger partial charge in [0.15, 0.2) is 0 Å². The van der Waals surface area contributed by atoms with Crippen molar-refractivity contribution < 1.29 is 26.1 Å². The number of halogens is 6. The lowest BCUT2D eigenvalue weighted by molar-refractivity contribution is 0.355. The minimum Gasteiger partial charge on any atom is -0.414 e. The number of aromatic nitrogens is 1. The first-order valence-corrected chi connectivity index (χ1v) is 7.42. The molecule has 0 saturated carbocycles. The molecule has 0 saturated heterocycles. The van der Waals surface area contributed by atoms with Crippen LogP contribution < -0.4 is 4.18 Å². The third kappa shape index (κ3) is 2.87. The summed E-state index contributed by atoms with van der Waals surface area (Å²) in [5.74, 6) is -11.8. The van der Waals surface area contributed by atoms with Crippen LogP contribution in [-0.2, 0) is 0 Å². The van der Waals surface area contributed by atoms with Crippen LogP contribution in [0.5, 0.6) is 5.75 Å². The van der Waals surface area contributed by atoms with E-state index < -0.39 is 34.8 Å². The van der Waals surface area contributed by atoms with Crippen molar-refractivity contribution in [1.82, 2.24) is 4.98 Å². The SMILES string of the molecule is Fc1c(F)c(F)c(OSc2ccc3c(Cl)nccc3c2)c(F)c1F. The standard InChI is InChI=1S/C15H5ClF5NOS/c16-15-8-2-1-7(5-6(8)3-4-22-15)24-23-14-12(20)10(18)9(17)11(19)13(14)21/h1-5H. The summed E-state index contributed by atoms with van der Waals surface area (Å²) in [5.41, 5.74) is 0. The fraction of sp³-hybridized carbons (Fsp3) is 0. The summed E-state index contributed by atoms with van der Waals surface area (Å²) in [6, 6.07) is 6.31. The van der Waals surface area contributed by atoms with Crippen molar-refractivity contribution in [3.8, 4) is 5.75 Å². The Balaban J connectivity index is 1.92. The second-order valence-electron chi connectivity index (χ2n) is 4.55. The van der Waals surface area contributed by atoms with Gasteiger partial charge in [-0.1, -0.05) is 17.7 Å². The summed E-state index contributed by atoms with van der Waals surface area (Å²) < 4.78 is 71.0. The number of rotatable bonds is 3. The molecular formula is C15H5ClF5NOS. The highest BCUT2D eigenvalue weighted by Gasteiger charge is 2.27. The molecule has 0 radical (unpaired) electrons. The third-order valence-corrected chi connectivity index (χ3v) is 4.08. The van der Waals surface area contributed by atoms with Crippen molar-refractivity contribution >= 4 is 34.4 Å². The molecule has 0 atom stereocenters. The Bertz CT molecular complexity index is 924. The van der Waals surface area contributed by atoms with E-state index >= 15 is 0 Å². The second kappa shape index (κ2) is 6.45. The van der Waals surface area contributed by atoms with Crippen molar-refractivity contribution in [3.63, 3.8) is 0 Å². The molecular weight excluding hydrogens is 373 g/mol. The highest BCUT2D eigenvalue weighted by atomic mass is 35.5. The van der Waals surface area contributed by atoms with E-state index in [2.05, 4.69) is 4.98 Å². The summed E-state index contributed by atoms with van der Waals surface area (Å²) >= 11 is 6.35. The van der Waals surface area contributed by atoms with Gasteiger partial charge in [-0.3, -0.25) is 0 Å². The van der Waals surface area contributed by atoms with Gasteiger partial charge >= 0.3 is 0 Å². The molecule has 124 valence electrons. The first-order chi connectivity index (χ1) is 11.4. The van der Waals surface area contributed by atoms with E-state index in [9.17, 15) is 22.0 Å². The van der Waals surface area contributed by atoms with Crippen molar-refractivity contribution in [3.05, 3.63) is 64.7 Å². The van der Waals surface area contributed by atoms with Gasteiger partial charge in [-0.2, -0.15) is 8.78 Å². The molecule has 3 rings (SSSR count). The first-order valence-electron chi connectivity index (χ1n) is 6.30. The molecule has 2 aromatic carbocycles. The van der Waals surface area contributed by atoms with E-state index in [1.165, 1.54) is 12.3 Å². The maximum Gasteiger partial charge on any atom is 0.215 e. The number of benzene rings is 2. The molecule has 0 spiro atoms. The highest BCUT2D eigenvalue weighted by molar-refractivity contribution is 7.95. The molecule has 1 heterocycles. The van der Waals surface area contributed by atoms with Crippen LogP contribution in [-0.4, -0.2) is 4.98 Å². The van der Waals surface area contributed by atoms with Crippen LogP contribution >= 0.6 is 23.6 Å². The average molecular weight is 378 g/mol. The average Bonchev–Trinajstić information content (AvgIpc) is 2.58. The highest BCUT2D eigenvalue weighted by Crippen LogP contribution is 2.34. The van der Waals surface area contributed by atoms with Gasteiger partial charge in [0.05, 0.1) is 12.0 Å². The number of hydrogen-bond acceptors (Lipinski definition) is 3. The smallest absolute Gasteiger partial charge is 0.215 e. The Labute approximate surface area is 141 Å². The van der Waals surface area contributed by atoms with Crippen LogP contribution in [0.25, 0.3) is 10.8 Å². The van der Waals surface area contributed by atoms with Gasteiger partial charge in [-0.25, -0.2) is 18.2 Å². The van der Waals surface area contributed by atoms with E-state index in [1.807, 2.05) is 0 Å². The summed E-state index contributed by atoms with van der Waals surface area (Å²) in [6.45, 7) is 0. The Morgan fingerprint density at radius 1 is 0.875 bits per heavy atom. The minimum absolute atomic E-state index is 0.268. The Morgan fingerprint density at radius 2 is 1.50 bits per heavy atom. The number of pyridine rings is 1. The first kappa shape index (κ1) is 16.8. The van der Waals surface area contributed by atoms with Crippen molar-refractivity contribution in [2.45, 2.75) is 4.90 Å². The van der Waals surface area contributed by atoms with Gasteiger partial charge < -0.3 is 4.18 Å². The summed E-state index contributed by atoms with van der Waals surface area (Å²) in [6.07, 6.45) is 1.46. The summed E-state index contributed by atoms with van der Waals surface area (Å²) in [7, 11) is 0. The lowest BCUT2D eigenvalue weighted by Gasteiger charge is -2.09. The van der Waals surface area contributed by atoms with Crippen LogP contribution in [0.15, 0.2) is 35.4 Å². The maximum atomic E-state index is 13.5. The molecule has 0 aliphatic rings. The zero-order valence-corrected chi connectivity index (χ0v) is 13.0. The fourth-order valence-corrected chi connectivity index (χ4v) is 2.77. The summed E-state index contributed by atoms with van der Waals surface area (Å²) in [5, 5.41) is 1.57. The van der Waals surface area contributed by atoms with Crippen molar-refractivity contribution in [2.24, 2.45) is 0 Å². The van der Waals surface area contributed by atoms with Gasteiger partial charge in [0.1, 0.15) is 5.15 Å². The molecule has 2 nitrogen and oxygen atoms in total. The molecule has 9 heteroatoms. The molecule has 24 heavy (non-hydrogen) atoms. The minimum atomic E-state index is -2.24. The third-order valence-electron chi connectivity index (χ3n) is 3.08. The largest absolute Gasteiger partial charge is 0.414 e. The number of hydrogen-bond donors (Lipinski definition) is 0. The normalized spacial score (nSPS) is 11.1. The lowest BCUT2D eigenvalue weighted by atomic mass is 10.2. The number of nitrogens with zero attached hydrogens (tertiary/aromatic N) is 1. The quantitative estimate of drug-likeness (QED) is 0.193. The molecule has 0 unspecified atom stereocenters. The van der Waals surface area contributed by atoms with Crippen molar-refractivity contribution in [1.29, 1.82) is 0 Å². The predicted molar refractivity (Wildman–Crippen MR) is 79.5 cm³/mol. The van der Waals surface area contributed by atoms with E-state index in [4.69, 9.17) is 15.8 Å². The summed E-state index contributed by atoms with van der Waals surface area (Å²) in [4.78, 5) is 4.26. The monoisotopic (exact) mass is 377 g/mol. The Kier molecular flexibility index (Phi) is 4.51. The van der Waals surface area contributed by atoms with Crippen LogP contribution in [0.2, 0.25) is 5.15 Å². The lowest BCUT2D eigenvalue weighted by Crippen LogP contribution is -2.03. The van der Waals surface area contributed by atoms with E-state index in [-0.39, 0.29) is 5.15 Å². The molecule has 3 aromatic rings. The topological polar surface area (TPSA) is 22.1 Å². The van der Waals surface area contributed by atoms with Crippen LogP contribution in [0.4, 0.5) is 22.0 Å². The van der Waals surface area contributed by atoms with Gasteiger partial charge in [-0.15, -0.1) is 0 Å². The van der Waals surface area contributed by atoms with Crippen molar-refractivity contribution in [2.75, 3.05) is 0 Å².